The summed E-state index contributed by atoms with van der Waals surface area (Å²) in [4.78, 5) is 12.6. The molecule has 0 saturated heterocycles. The molecule has 23 heavy (non-hydrogen) atoms. The van der Waals surface area contributed by atoms with Crippen LogP contribution in [0.1, 0.15) is 103 Å². The van der Waals surface area contributed by atoms with Crippen molar-refractivity contribution in [3.05, 3.63) is 0 Å². The van der Waals surface area contributed by atoms with Crippen molar-refractivity contribution in [1.29, 1.82) is 0 Å². The van der Waals surface area contributed by atoms with E-state index in [1.54, 1.807) is 0 Å². The SMILES string of the molecule is CCCCCCCCCCCCCCCCN(C)CCC(=O)O. The van der Waals surface area contributed by atoms with Crippen LogP contribution in [0.3, 0.4) is 0 Å². The fourth-order valence-electron chi connectivity index (χ4n) is 2.97. The Labute approximate surface area is 144 Å². The summed E-state index contributed by atoms with van der Waals surface area (Å²) in [5.74, 6) is -0.696. The first-order chi connectivity index (χ1) is 11.2. The van der Waals surface area contributed by atoms with Gasteiger partial charge in [-0.05, 0) is 20.0 Å². The molecule has 0 aliphatic heterocycles. The van der Waals surface area contributed by atoms with Gasteiger partial charge in [0.2, 0.25) is 0 Å². The molecule has 1 N–H and O–H groups in total. The molecule has 0 aliphatic rings. The van der Waals surface area contributed by atoms with Gasteiger partial charge in [-0.2, -0.15) is 0 Å². The normalized spacial score (nSPS) is 11.3. The largest absolute Gasteiger partial charge is 0.481 e. The molecule has 0 fully saturated rings. The van der Waals surface area contributed by atoms with Crippen molar-refractivity contribution in [2.75, 3.05) is 20.1 Å². The highest BCUT2D eigenvalue weighted by atomic mass is 16.4. The van der Waals surface area contributed by atoms with E-state index in [0.717, 1.165) is 6.54 Å². The van der Waals surface area contributed by atoms with Crippen LogP contribution in [0.4, 0.5) is 0 Å². The van der Waals surface area contributed by atoms with E-state index in [-0.39, 0.29) is 6.42 Å². The Bertz CT molecular complexity index is 256. The van der Waals surface area contributed by atoms with Gasteiger partial charge < -0.3 is 10.0 Å². The molecule has 3 heteroatoms. The van der Waals surface area contributed by atoms with Crippen LogP contribution in [-0.4, -0.2) is 36.1 Å². The van der Waals surface area contributed by atoms with Crippen molar-refractivity contribution >= 4 is 5.97 Å². The Morgan fingerprint density at radius 1 is 0.696 bits per heavy atom. The van der Waals surface area contributed by atoms with Crippen molar-refractivity contribution in [3.63, 3.8) is 0 Å². The van der Waals surface area contributed by atoms with Crippen LogP contribution >= 0.6 is 0 Å². The number of hydrogen-bond acceptors (Lipinski definition) is 2. The number of aliphatic carboxylic acids is 1. The zero-order valence-corrected chi connectivity index (χ0v) is 15.8. The van der Waals surface area contributed by atoms with Gasteiger partial charge in [-0.3, -0.25) is 4.79 Å². The molecule has 0 radical (unpaired) electrons. The van der Waals surface area contributed by atoms with Crippen LogP contribution in [-0.2, 0) is 4.79 Å². The second-order valence-corrected chi connectivity index (χ2v) is 7.04. The lowest BCUT2D eigenvalue weighted by atomic mass is 10.0. The Kier molecular flexibility index (Phi) is 17.3. The second kappa shape index (κ2) is 17.8. The average Bonchev–Trinajstić information content (AvgIpc) is 2.53. The highest BCUT2D eigenvalue weighted by molar-refractivity contribution is 5.66. The molecule has 0 amide bonds. The summed E-state index contributed by atoms with van der Waals surface area (Å²) in [5, 5.41) is 8.63. The summed E-state index contributed by atoms with van der Waals surface area (Å²) in [5.41, 5.74) is 0. The minimum absolute atomic E-state index is 0.259. The van der Waals surface area contributed by atoms with Gasteiger partial charge in [-0.25, -0.2) is 0 Å². The molecular weight excluding hydrogens is 286 g/mol. The Hall–Kier alpha value is -0.570. The van der Waals surface area contributed by atoms with Gasteiger partial charge >= 0.3 is 5.97 Å². The number of nitrogens with zero attached hydrogens (tertiary/aromatic N) is 1. The molecule has 0 heterocycles. The number of unbranched alkanes of at least 4 members (excludes halogenated alkanes) is 13. The van der Waals surface area contributed by atoms with E-state index < -0.39 is 5.97 Å². The molecule has 0 aromatic heterocycles. The van der Waals surface area contributed by atoms with E-state index >= 15 is 0 Å². The number of hydrogen-bond donors (Lipinski definition) is 1. The number of carboxylic acids is 1. The topological polar surface area (TPSA) is 40.5 Å². The third kappa shape index (κ3) is 19.4. The zero-order valence-electron chi connectivity index (χ0n) is 15.8. The lowest BCUT2D eigenvalue weighted by molar-refractivity contribution is -0.137. The van der Waals surface area contributed by atoms with Gasteiger partial charge in [0.15, 0.2) is 0 Å². The Balaban J connectivity index is 3.09. The summed E-state index contributed by atoms with van der Waals surface area (Å²) < 4.78 is 0. The summed E-state index contributed by atoms with van der Waals surface area (Å²) in [7, 11) is 2.02. The monoisotopic (exact) mass is 327 g/mol. The summed E-state index contributed by atoms with van der Waals surface area (Å²) in [6, 6.07) is 0. The zero-order chi connectivity index (χ0) is 17.2. The van der Waals surface area contributed by atoms with E-state index in [9.17, 15) is 4.79 Å². The first-order valence-corrected chi connectivity index (χ1v) is 10.1. The van der Waals surface area contributed by atoms with Gasteiger partial charge in [0.1, 0.15) is 0 Å². The van der Waals surface area contributed by atoms with Gasteiger partial charge in [0, 0.05) is 6.54 Å². The smallest absolute Gasteiger partial charge is 0.304 e. The van der Waals surface area contributed by atoms with Gasteiger partial charge in [0.05, 0.1) is 6.42 Å². The minimum atomic E-state index is -0.696. The molecule has 0 atom stereocenters. The first-order valence-electron chi connectivity index (χ1n) is 10.1. The van der Waals surface area contributed by atoms with Crippen LogP contribution in [0.2, 0.25) is 0 Å². The summed E-state index contributed by atoms with van der Waals surface area (Å²) in [6.07, 6.45) is 19.6. The predicted molar refractivity (Wildman–Crippen MR) is 100 cm³/mol. The lowest BCUT2D eigenvalue weighted by Crippen LogP contribution is -2.22. The van der Waals surface area contributed by atoms with Gasteiger partial charge in [-0.1, -0.05) is 90.4 Å². The standard InChI is InChI=1S/C20H41NO2/c1-3-4-5-6-7-8-9-10-11-12-13-14-15-16-18-21(2)19-17-20(22)23/h3-19H2,1-2H3,(H,22,23). The van der Waals surface area contributed by atoms with Crippen LogP contribution in [0.5, 0.6) is 0 Å². The van der Waals surface area contributed by atoms with E-state index in [1.807, 2.05) is 7.05 Å². The third-order valence-electron chi connectivity index (χ3n) is 4.60. The van der Waals surface area contributed by atoms with Crippen LogP contribution < -0.4 is 0 Å². The maximum Gasteiger partial charge on any atom is 0.304 e. The molecule has 0 spiro atoms. The maximum absolute atomic E-state index is 10.5. The second-order valence-electron chi connectivity index (χ2n) is 7.04. The highest BCUT2D eigenvalue weighted by Gasteiger charge is 2.01. The molecular formula is C20H41NO2. The molecule has 0 unspecified atom stereocenters. The molecule has 0 aromatic carbocycles. The minimum Gasteiger partial charge on any atom is -0.481 e. The van der Waals surface area contributed by atoms with Crippen LogP contribution in [0.15, 0.2) is 0 Å². The van der Waals surface area contributed by atoms with E-state index in [4.69, 9.17) is 5.11 Å². The van der Waals surface area contributed by atoms with Crippen molar-refractivity contribution in [3.8, 4) is 0 Å². The molecule has 138 valence electrons. The molecule has 0 aliphatic carbocycles. The Morgan fingerprint density at radius 3 is 1.48 bits per heavy atom. The average molecular weight is 328 g/mol. The van der Waals surface area contributed by atoms with Gasteiger partial charge in [0.25, 0.3) is 0 Å². The highest BCUT2D eigenvalue weighted by Crippen LogP contribution is 2.13. The first kappa shape index (κ1) is 22.4. The molecule has 0 aromatic rings. The third-order valence-corrected chi connectivity index (χ3v) is 4.60. The lowest BCUT2D eigenvalue weighted by Gasteiger charge is -2.14. The summed E-state index contributed by atoms with van der Waals surface area (Å²) in [6.45, 7) is 3.98. The predicted octanol–water partition coefficient (Wildman–Crippen LogP) is 5.87. The molecule has 0 bridgehead atoms. The van der Waals surface area contributed by atoms with Crippen LogP contribution in [0.25, 0.3) is 0 Å². The molecule has 0 saturated carbocycles. The Morgan fingerprint density at radius 2 is 1.09 bits per heavy atom. The fraction of sp³-hybridized carbons (Fsp3) is 0.950. The quantitative estimate of drug-likeness (QED) is 0.320. The van der Waals surface area contributed by atoms with Crippen molar-refractivity contribution < 1.29 is 9.90 Å². The summed E-state index contributed by atoms with van der Waals surface area (Å²) >= 11 is 0. The van der Waals surface area contributed by atoms with Crippen molar-refractivity contribution in [2.24, 2.45) is 0 Å². The number of carbonyl (C=O) groups is 1. The number of rotatable bonds is 18. The van der Waals surface area contributed by atoms with E-state index in [0.29, 0.717) is 6.54 Å². The molecule has 0 rings (SSSR count). The number of carboxylic acid groups (broad SMARTS) is 1. The fourth-order valence-corrected chi connectivity index (χ4v) is 2.97. The molecule has 3 nitrogen and oxygen atoms in total. The maximum atomic E-state index is 10.5. The van der Waals surface area contributed by atoms with Gasteiger partial charge in [-0.15, -0.1) is 0 Å². The van der Waals surface area contributed by atoms with Crippen molar-refractivity contribution in [1.82, 2.24) is 4.90 Å². The van der Waals surface area contributed by atoms with Crippen molar-refractivity contribution in [2.45, 2.75) is 103 Å². The van der Waals surface area contributed by atoms with E-state index in [2.05, 4.69) is 11.8 Å². The van der Waals surface area contributed by atoms with Crippen LogP contribution in [0, 0.1) is 0 Å². The van der Waals surface area contributed by atoms with E-state index in [1.165, 1.54) is 89.9 Å².